The molecule has 2 aromatic rings. The van der Waals surface area contributed by atoms with Crippen LogP contribution in [0.1, 0.15) is 37.2 Å². The predicted molar refractivity (Wildman–Crippen MR) is 105 cm³/mol. The average molecular weight is 426 g/mol. The summed E-state index contributed by atoms with van der Waals surface area (Å²) in [5.41, 5.74) is 0.760. The molecule has 28 heavy (non-hydrogen) atoms. The van der Waals surface area contributed by atoms with Crippen LogP contribution in [0.5, 0.6) is 11.5 Å². The highest BCUT2D eigenvalue weighted by molar-refractivity contribution is 7.90. The average Bonchev–Trinajstić information content (AvgIpc) is 2.62. The van der Waals surface area contributed by atoms with Crippen molar-refractivity contribution < 1.29 is 27.0 Å². The molecule has 152 valence electrons. The first-order valence-electron chi connectivity index (χ1n) is 8.90. The Hall–Kier alpha value is -2.10. The fraction of sp³-hybridized carbons (Fsp3) is 0.368. The fourth-order valence-corrected chi connectivity index (χ4v) is 5.49. The van der Waals surface area contributed by atoms with Gasteiger partial charge in [0.05, 0.1) is 9.79 Å². The van der Waals surface area contributed by atoms with Crippen molar-refractivity contribution >= 4 is 19.9 Å². The molecule has 0 atom stereocenters. The van der Waals surface area contributed by atoms with Gasteiger partial charge in [0, 0.05) is 18.4 Å². The zero-order valence-corrected chi connectivity index (χ0v) is 17.0. The maximum atomic E-state index is 12.6. The summed E-state index contributed by atoms with van der Waals surface area (Å²) in [4.78, 5) is 0.0962. The van der Waals surface area contributed by atoms with Gasteiger partial charge in [0.15, 0.2) is 9.84 Å². The van der Waals surface area contributed by atoms with E-state index < -0.39 is 19.9 Å². The smallest absolute Gasteiger partial charge is 0.240 e. The molecular formula is C19H23NO6S2. The molecule has 1 saturated carbocycles. The summed E-state index contributed by atoms with van der Waals surface area (Å²) >= 11 is 0. The van der Waals surface area contributed by atoms with E-state index in [4.69, 9.17) is 0 Å². The Balaban J connectivity index is 1.65. The topological polar surface area (TPSA) is 121 Å². The maximum Gasteiger partial charge on any atom is 0.240 e. The molecule has 3 rings (SSSR count). The van der Waals surface area contributed by atoms with E-state index in [1.165, 1.54) is 36.4 Å². The number of phenolic OH excluding ortho intramolecular Hbond substituents is 2. The molecule has 0 amide bonds. The monoisotopic (exact) mass is 425 g/mol. The molecule has 0 spiro atoms. The van der Waals surface area contributed by atoms with Gasteiger partial charge in [-0.05, 0) is 67.5 Å². The molecule has 0 aliphatic heterocycles. The van der Waals surface area contributed by atoms with Gasteiger partial charge < -0.3 is 10.2 Å². The number of hydrogen-bond acceptors (Lipinski definition) is 6. The number of phenols is 2. The van der Waals surface area contributed by atoms with Crippen molar-refractivity contribution in [2.45, 2.75) is 47.4 Å². The normalized spacial score (nSPS) is 20.8. The zero-order valence-electron chi connectivity index (χ0n) is 15.4. The van der Waals surface area contributed by atoms with Gasteiger partial charge in [0.2, 0.25) is 10.0 Å². The van der Waals surface area contributed by atoms with Crippen molar-refractivity contribution in [2.24, 2.45) is 0 Å². The van der Waals surface area contributed by atoms with E-state index in [0.29, 0.717) is 25.7 Å². The molecule has 1 aliphatic carbocycles. The van der Waals surface area contributed by atoms with Crippen LogP contribution < -0.4 is 4.72 Å². The van der Waals surface area contributed by atoms with Crippen molar-refractivity contribution in [3.8, 4) is 11.5 Å². The summed E-state index contributed by atoms with van der Waals surface area (Å²) in [6, 6.07) is 9.47. The minimum Gasteiger partial charge on any atom is -0.508 e. The lowest BCUT2D eigenvalue weighted by Crippen LogP contribution is -2.37. The van der Waals surface area contributed by atoms with Crippen LogP contribution in [0.2, 0.25) is 0 Å². The Morgan fingerprint density at radius 1 is 0.857 bits per heavy atom. The first-order chi connectivity index (χ1) is 13.1. The van der Waals surface area contributed by atoms with Crippen LogP contribution in [-0.2, 0) is 19.9 Å². The number of rotatable bonds is 5. The SMILES string of the molecule is CS(=O)(=O)c1ccc(S(=O)(=O)N[C@H]2CC[C@@H](c3ccc(O)cc3O)CC2)cc1. The first-order valence-corrected chi connectivity index (χ1v) is 12.3. The second-order valence-corrected chi connectivity index (χ2v) is 10.9. The van der Waals surface area contributed by atoms with Gasteiger partial charge in [-0.3, -0.25) is 0 Å². The molecule has 0 unspecified atom stereocenters. The molecule has 9 heteroatoms. The summed E-state index contributed by atoms with van der Waals surface area (Å²) in [7, 11) is -7.13. The van der Waals surface area contributed by atoms with Gasteiger partial charge in [0.25, 0.3) is 0 Å². The minimum absolute atomic E-state index is 0.00425. The Bertz CT molecular complexity index is 1050. The molecule has 0 aromatic heterocycles. The highest BCUT2D eigenvalue weighted by Crippen LogP contribution is 2.38. The van der Waals surface area contributed by atoms with Gasteiger partial charge in [-0.25, -0.2) is 21.6 Å². The molecule has 7 nitrogen and oxygen atoms in total. The Kier molecular flexibility index (Phi) is 5.69. The third kappa shape index (κ3) is 4.65. The standard InChI is InChI=1S/C19H23NO6S2/c1-27(23,24)16-7-9-17(10-8-16)28(25,26)20-14-4-2-13(3-5-14)18-11-6-15(21)12-19(18)22/h6-14,20-22H,2-5H2,1H3/t13-,14+. The summed E-state index contributed by atoms with van der Waals surface area (Å²) < 4.78 is 50.8. The quantitative estimate of drug-likeness (QED) is 0.677. The lowest BCUT2D eigenvalue weighted by molar-refractivity contribution is 0.362. The first kappa shape index (κ1) is 20.6. The van der Waals surface area contributed by atoms with Crippen LogP contribution >= 0.6 is 0 Å². The second kappa shape index (κ2) is 7.73. The lowest BCUT2D eigenvalue weighted by atomic mass is 9.81. The third-order valence-corrected chi connectivity index (χ3v) is 7.73. The number of hydrogen-bond donors (Lipinski definition) is 3. The van der Waals surface area contributed by atoms with Crippen molar-refractivity contribution in [3.05, 3.63) is 48.0 Å². The lowest BCUT2D eigenvalue weighted by Gasteiger charge is -2.29. The molecule has 0 radical (unpaired) electrons. The molecule has 0 saturated heterocycles. The van der Waals surface area contributed by atoms with E-state index >= 15 is 0 Å². The van der Waals surface area contributed by atoms with Crippen LogP contribution in [0.4, 0.5) is 0 Å². The fourth-order valence-electron chi connectivity index (χ4n) is 3.55. The number of sulfonamides is 1. The Labute approximate surface area is 165 Å². The molecule has 2 aromatic carbocycles. The summed E-state index contributed by atoms with van der Waals surface area (Å²) in [6.45, 7) is 0. The van der Waals surface area contributed by atoms with Crippen LogP contribution in [0.15, 0.2) is 52.3 Å². The van der Waals surface area contributed by atoms with Crippen LogP contribution in [-0.4, -0.2) is 39.3 Å². The van der Waals surface area contributed by atoms with Gasteiger partial charge in [-0.2, -0.15) is 0 Å². The molecule has 1 aliphatic rings. The molecule has 0 bridgehead atoms. The number of nitrogens with one attached hydrogen (secondary N) is 1. The zero-order chi connectivity index (χ0) is 20.5. The van der Waals surface area contributed by atoms with E-state index in [1.54, 1.807) is 6.07 Å². The highest BCUT2D eigenvalue weighted by atomic mass is 32.2. The minimum atomic E-state index is -3.75. The van der Waals surface area contributed by atoms with E-state index in [2.05, 4.69) is 4.72 Å². The molecular weight excluding hydrogens is 402 g/mol. The van der Waals surface area contributed by atoms with E-state index in [9.17, 15) is 27.0 Å². The van der Waals surface area contributed by atoms with Crippen LogP contribution in [0, 0.1) is 0 Å². The summed E-state index contributed by atoms with van der Waals surface area (Å²) in [5, 5.41) is 19.4. The van der Waals surface area contributed by atoms with Crippen molar-refractivity contribution in [1.29, 1.82) is 0 Å². The molecule has 0 heterocycles. The predicted octanol–water partition coefficient (Wildman–Crippen LogP) is 2.51. The number of benzene rings is 2. The Morgan fingerprint density at radius 2 is 1.43 bits per heavy atom. The molecule has 1 fully saturated rings. The largest absolute Gasteiger partial charge is 0.508 e. The van der Waals surface area contributed by atoms with Crippen molar-refractivity contribution in [1.82, 2.24) is 4.72 Å². The van der Waals surface area contributed by atoms with E-state index in [1.807, 2.05) is 0 Å². The van der Waals surface area contributed by atoms with Gasteiger partial charge in [-0.1, -0.05) is 6.07 Å². The van der Waals surface area contributed by atoms with Crippen molar-refractivity contribution in [3.63, 3.8) is 0 Å². The van der Waals surface area contributed by atoms with Gasteiger partial charge in [-0.15, -0.1) is 0 Å². The Morgan fingerprint density at radius 3 is 1.96 bits per heavy atom. The summed E-state index contributed by atoms with van der Waals surface area (Å²) in [6.07, 6.45) is 3.72. The van der Waals surface area contributed by atoms with E-state index in [-0.39, 0.29) is 33.2 Å². The number of aromatic hydroxyl groups is 2. The van der Waals surface area contributed by atoms with Crippen LogP contribution in [0.3, 0.4) is 0 Å². The van der Waals surface area contributed by atoms with E-state index in [0.717, 1.165) is 11.8 Å². The third-order valence-electron chi connectivity index (χ3n) is 5.07. The molecule has 3 N–H and O–H groups in total. The van der Waals surface area contributed by atoms with Gasteiger partial charge >= 0.3 is 0 Å². The second-order valence-electron chi connectivity index (χ2n) is 7.16. The van der Waals surface area contributed by atoms with Gasteiger partial charge in [0.1, 0.15) is 11.5 Å². The summed E-state index contributed by atoms with van der Waals surface area (Å²) in [5.74, 6) is 0.162. The maximum absolute atomic E-state index is 12.6. The van der Waals surface area contributed by atoms with Crippen LogP contribution in [0.25, 0.3) is 0 Å². The van der Waals surface area contributed by atoms with Crippen molar-refractivity contribution in [2.75, 3.05) is 6.26 Å². The number of sulfone groups is 1. The highest BCUT2D eigenvalue weighted by Gasteiger charge is 2.27.